The minimum absolute atomic E-state index is 0.274. The number of hydrogen-bond acceptors (Lipinski definition) is 5. The summed E-state index contributed by atoms with van der Waals surface area (Å²) in [7, 11) is 0. The van der Waals surface area contributed by atoms with Gasteiger partial charge in [-0.05, 0) is 42.0 Å². The first-order chi connectivity index (χ1) is 14.1. The maximum absolute atomic E-state index is 13.0. The summed E-state index contributed by atoms with van der Waals surface area (Å²) in [5, 5.41) is 5.03. The molecule has 3 heterocycles. The highest BCUT2D eigenvalue weighted by Gasteiger charge is 2.09. The minimum Gasteiger partial charge on any atom is -0.439 e. The van der Waals surface area contributed by atoms with Crippen molar-refractivity contribution in [2.45, 2.75) is 6.54 Å². The van der Waals surface area contributed by atoms with Crippen molar-refractivity contribution in [1.29, 1.82) is 0 Å². The third kappa shape index (κ3) is 4.61. The van der Waals surface area contributed by atoms with E-state index in [2.05, 4.69) is 15.3 Å². The summed E-state index contributed by atoms with van der Waals surface area (Å²) in [6.45, 7) is 0.291. The van der Waals surface area contributed by atoms with E-state index in [1.165, 1.54) is 41.7 Å². The van der Waals surface area contributed by atoms with E-state index in [-0.39, 0.29) is 11.7 Å². The highest BCUT2D eigenvalue weighted by Crippen LogP contribution is 2.22. The van der Waals surface area contributed by atoms with E-state index in [4.69, 9.17) is 16.3 Å². The molecule has 146 valence electrons. The fraction of sp³-hybridized carbons (Fsp3) is 0.0500. The van der Waals surface area contributed by atoms with Gasteiger partial charge in [0.2, 0.25) is 11.8 Å². The van der Waals surface area contributed by atoms with Gasteiger partial charge in [0, 0.05) is 36.5 Å². The van der Waals surface area contributed by atoms with Crippen LogP contribution >= 0.6 is 22.9 Å². The number of benzene rings is 1. The van der Waals surface area contributed by atoms with Crippen LogP contribution in [0.3, 0.4) is 0 Å². The van der Waals surface area contributed by atoms with Crippen molar-refractivity contribution < 1.29 is 13.9 Å². The molecular weight excluding hydrogens is 415 g/mol. The fourth-order valence-electron chi connectivity index (χ4n) is 2.57. The van der Waals surface area contributed by atoms with E-state index in [9.17, 15) is 9.18 Å². The van der Waals surface area contributed by atoms with E-state index < -0.39 is 0 Å². The number of nitrogens with zero attached hydrogens (tertiary/aromatic N) is 3. The number of carbonyl (C=O) groups excluding carboxylic acids is 1. The van der Waals surface area contributed by atoms with Gasteiger partial charge in [0.05, 0.1) is 5.69 Å². The molecule has 0 aliphatic heterocycles. The zero-order valence-electron chi connectivity index (χ0n) is 14.9. The maximum atomic E-state index is 13.0. The first-order valence-electron chi connectivity index (χ1n) is 8.54. The second-order valence-electron chi connectivity index (χ2n) is 5.95. The molecule has 0 spiro atoms. The summed E-state index contributed by atoms with van der Waals surface area (Å²) in [5.74, 6) is 0.209. The van der Waals surface area contributed by atoms with Crippen LogP contribution in [0.15, 0.2) is 60.2 Å². The van der Waals surface area contributed by atoms with Gasteiger partial charge < -0.3 is 10.1 Å². The van der Waals surface area contributed by atoms with Crippen LogP contribution in [0.25, 0.3) is 11.0 Å². The van der Waals surface area contributed by atoms with Crippen LogP contribution in [-0.4, -0.2) is 20.3 Å². The lowest BCUT2D eigenvalue weighted by Crippen LogP contribution is -2.20. The molecule has 1 aromatic carbocycles. The van der Waals surface area contributed by atoms with Gasteiger partial charge in [-0.3, -0.25) is 9.20 Å². The maximum Gasteiger partial charge on any atom is 0.244 e. The Balaban J connectivity index is 1.37. The first-order valence-corrected chi connectivity index (χ1v) is 9.79. The lowest BCUT2D eigenvalue weighted by atomic mass is 10.2. The van der Waals surface area contributed by atoms with Gasteiger partial charge in [-0.2, -0.15) is 0 Å². The largest absolute Gasteiger partial charge is 0.439 e. The predicted molar refractivity (Wildman–Crippen MR) is 110 cm³/mol. The van der Waals surface area contributed by atoms with E-state index in [0.717, 1.165) is 10.5 Å². The Morgan fingerprint density at radius 3 is 2.97 bits per heavy atom. The average molecular weight is 429 g/mol. The molecule has 4 rings (SSSR count). The zero-order chi connectivity index (χ0) is 20.2. The van der Waals surface area contributed by atoms with Crippen LogP contribution in [-0.2, 0) is 11.3 Å². The minimum atomic E-state index is -0.341. The summed E-state index contributed by atoms with van der Waals surface area (Å²) < 4.78 is 20.4. The Labute approximate surface area is 174 Å². The average Bonchev–Trinajstić information content (AvgIpc) is 3.27. The van der Waals surface area contributed by atoms with Crippen LogP contribution in [0.5, 0.6) is 11.6 Å². The molecule has 0 aliphatic carbocycles. The van der Waals surface area contributed by atoms with Crippen LogP contribution in [0.1, 0.15) is 11.3 Å². The van der Waals surface area contributed by atoms with Crippen molar-refractivity contribution in [2.24, 2.45) is 0 Å². The molecule has 6 nitrogen and oxygen atoms in total. The molecule has 1 amide bonds. The van der Waals surface area contributed by atoms with Crippen LogP contribution in [0.4, 0.5) is 4.39 Å². The van der Waals surface area contributed by atoms with E-state index in [1.54, 1.807) is 24.4 Å². The summed E-state index contributed by atoms with van der Waals surface area (Å²) in [6.07, 6.45) is 6.45. The molecule has 3 aromatic heterocycles. The quantitative estimate of drug-likeness (QED) is 0.452. The molecule has 0 saturated heterocycles. The number of hydrogen-bond donors (Lipinski definition) is 1. The Hall–Kier alpha value is -3.23. The van der Waals surface area contributed by atoms with Gasteiger partial charge in [-0.25, -0.2) is 14.4 Å². The molecule has 0 unspecified atom stereocenters. The van der Waals surface area contributed by atoms with Crippen LogP contribution < -0.4 is 10.1 Å². The van der Waals surface area contributed by atoms with Crippen molar-refractivity contribution in [3.8, 4) is 11.6 Å². The summed E-state index contributed by atoms with van der Waals surface area (Å²) in [6, 6.07) is 9.12. The number of ether oxygens (including phenoxy) is 1. The number of amides is 1. The summed E-state index contributed by atoms with van der Waals surface area (Å²) in [5.41, 5.74) is 1.46. The molecule has 0 saturated carbocycles. The number of imidazole rings is 1. The predicted octanol–water partition coefficient (Wildman–Crippen LogP) is 4.71. The van der Waals surface area contributed by atoms with Crippen molar-refractivity contribution in [3.63, 3.8) is 0 Å². The van der Waals surface area contributed by atoms with Gasteiger partial charge >= 0.3 is 0 Å². The number of halogens is 2. The number of nitrogens with one attached hydrogen (secondary N) is 1. The lowest BCUT2D eigenvalue weighted by Gasteiger charge is -2.07. The van der Waals surface area contributed by atoms with Crippen molar-refractivity contribution >= 4 is 39.9 Å². The number of aromatic nitrogens is 3. The van der Waals surface area contributed by atoms with E-state index >= 15 is 0 Å². The second kappa shape index (κ2) is 8.42. The standard InChI is InChI=1S/C20H14ClFN4O2S/c21-19-16(26-9-10-29-20(26)25-19)5-6-17(27)24-12-13-7-8-23-18(11-13)28-15-3-1-14(22)2-4-15/h1-11H,12H2,(H,24,27)/b6-5+. The monoisotopic (exact) mass is 428 g/mol. The lowest BCUT2D eigenvalue weighted by molar-refractivity contribution is -0.116. The Morgan fingerprint density at radius 2 is 2.14 bits per heavy atom. The molecular formula is C20H14ClFN4O2S. The number of pyridine rings is 1. The van der Waals surface area contributed by atoms with Crippen LogP contribution in [0, 0.1) is 5.82 Å². The molecule has 4 aromatic rings. The van der Waals surface area contributed by atoms with Crippen molar-refractivity contribution in [3.05, 3.63) is 82.5 Å². The fourth-order valence-corrected chi connectivity index (χ4v) is 3.57. The van der Waals surface area contributed by atoms with Gasteiger partial charge in [0.25, 0.3) is 0 Å². The number of fused-ring (bicyclic) bond motifs is 1. The van der Waals surface area contributed by atoms with Gasteiger partial charge in [0.1, 0.15) is 11.6 Å². The molecule has 9 heteroatoms. The van der Waals surface area contributed by atoms with Crippen molar-refractivity contribution in [2.75, 3.05) is 0 Å². The van der Waals surface area contributed by atoms with E-state index in [0.29, 0.717) is 29.0 Å². The topological polar surface area (TPSA) is 68.5 Å². The smallest absolute Gasteiger partial charge is 0.244 e. The number of carbonyl (C=O) groups is 1. The Bertz CT molecular complexity index is 1190. The first kappa shape index (κ1) is 19.1. The van der Waals surface area contributed by atoms with Gasteiger partial charge in [-0.1, -0.05) is 11.6 Å². The summed E-state index contributed by atoms with van der Waals surface area (Å²) in [4.78, 5) is 21.3. The number of thiazole rings is 1. The molecule has 29 heavy (non-hydrogen) atoms. The normalized spacial score (nSPS) is 11.2. The highest BCUT2D eigenvalue weighted by molar-refractivity contribution is 7.15. The highest BCUT2D eigenvalue weighted by atomic mass is 35.5. The molecule has 0 atom stereocenters. The summed E-state index contributed by atoms with van der Waals surface area (Å²) >= 11 is 7.57. The van der Waals surface area contributed by atoms with Gasteiger partial charge in [-0.15, -0.1) is 11.3 Å². The van der Waals surface area contributed by atoms with Crippen molar-refractivity contribution in [1.82, 2.24) is 19.7 Å². The molecule has 1 N–H and O–H groups in total. The molecule has 0 aliphatic rings. The zero-order valence-corrected chi connectivity index (χ0v) is 16.5. The third-order valence-electron chi connectivity index (χ3n) is 3.95. The SMILES string of the molecule is O=C(/C=C/c1c(Cl)nc2sccn12)NCc1ccnc(Oc2ccc(F)cc2)c1. The Kier molecular flexibility index (Phi) is 5.55. The molecule has 0 bridgehead atoms. The third-order valence-corrected chi connectivity index (χ3v) is 4.98. The molecule has 0 fully saturated rings. The van der Waals surface area contributed by atoms with Gasteiger partial charge in [0.15, 0.2) is 10.1 Å². The number of rotatable bonds is 6. The van der Waals surface area contributed by atoms with E-state index in [1.807, 2.05) is 16.0 Å². The second-order valence-corrected chi connectivity index (χ2v) is 7.18. The molecule has 0 radical (unpaired) electrons. The van der Waals surface area contributed by atoms with Crippen LogP contribution in [0.2, 0.25) is 5.15 Å². The Morgan fingerprint density at radius 1 is 1.31 bits per heavy atom.